The number of H-pyrrole nitrogens is 1. The molecule has 0 unspecified atom stereocenters. The van der Waals surface area contributed by atoms with Gasteiger partial charge in [-0.3, -0.25) is 4.99 Å². The quantitative estimate of drug-likeness (QED) is 0.394. The lowest BCUT2D eigenvalue weighted by Gasteiger charge is -2.39. The van der Waals surface area contributed by atoms with E-state index in [1.54, 1.807) is 20.9 Å². The summed E-state index contributed by atoms with van der Waals surface area (Å²) in [5.41, 5.74) is 2.41. The molecule has 0 bridgehead atoms. The molecule has 6 nitrogen and oxygen atoms in total. The van der Waals surface area contributed by atoms with Gasteiger partial charge in [-0.2, -0.15) is 0 Å². The zero-order valence-corrected chi connectivity index (χ0v) is 18.6. The normalized spacial score (nSPS) is 19.2. The molecule has 1 saturated heterocycles. The van der Waals surface area contributed by atoms with Crippen LogP contribution in [0.2, 0.25) is 0 Å². The second kappa shape index (κ2) is 8.16. The summed E-state index contributed by atoms with van der Waals surface area (Å²) in [6, 6.07) is 8.26. The smallest absolute Gasteiger partial charge is 0.193 e. The second-order valence-electron chi connectivity index (χ2n) is 7.08. The zero-order valence-electron chi connectivity index (χ0n) is 15.4. The molecule has 1 fully saturated rings. The van der Waals surface area contributed by atoms with Gasteiger partial charge in [-0.05, 0) is 31.9 Å². The number of sulfone groups is 1. The molecule has 26 heavy (non-hydrogen) atoms. The Balaban J connectivity index is 0.00000243. The molecule has 0 saturated carbocycles. The SMILES string of the molecule is CN=C(NCCc1c[nH]c2ccccc12)N1CCS(=O)(=O)C(C)(C)C1.I. The van der Waals surface area contributed by atoms with E-state index in [1.807, 2.05) is 23.2 Å². The van der Waals surface area contributed by atoms with Crippen molar-refractivity contribution in [2.45, 2.75) is 25.0 Å². The Hall–Kier alpha value is -1.29. The highest BCUT2D eigenvalue weighted by atomic mass is 127. The number of para-hydroxylation sites is 1. The molecule has 1 aliphatic heterocycles. The highest BCUT2D eigenvalue weighted by molar-refractivity contribution is 14.0. The van der Waals surface area contributed by atoms with Crippen molar-refractivity contribution in [1.82, 2.24) is 15.2 Å². The summed E-state index contributed by atoms with van der Waals surface area (Å²) in [7, 11) is -1.30. The second-order valence-corrected chi connectivity index (χ2v) is 9.83. The highest BCUT2D eigenvalue weighted by Crippen LogP contribution is 2.23. The number of nitrogens with one attached hydrogen (secondary N) is 2. The lowest BCUT2D eigenvalue weighted by Crippen LogP contribution is -2.57. The van der Waals surface area contributed by atoms with Crippen LogP contribution in [0.25, 0.3) is 10.9 Å². The summed E-state index contributed by atoms with van der Waals surface area (Å²) in [4.78, 5) is 9.66. The van der Waals surface area contributed by atoms with Crippen molar-refractivity contribution in [3.8, 4) is 0 Å². The lowest BCUT2D eigenvalue weighted by molar-refractivity contribution is 0.353. The Kier molecular flexibility index (Phi) is 6.60. The molecule has 0 spiro atoms. The third-order valence-electron chi connectivity index (χ3n) is 4.91. The Morgan fingerprint density at radius 1 is 1.35 bits per heavy atom. The fourth-order valence-electron chi connectivity index (χ4n) is 3.30. The molecule has 0 amide bonds. The molecule has 8 heteroatoms. The summed E-state index contributed by atoms with van der Waals surface area (Å²) < 4.78 is 23.6. The van der Waals surface area contributed by atoms with E-state index in [0.717, 1.165) is 24.4 Å². The van der Waals surface area contributed by atoms with Crippen LogP contribution in [0.5, 0.6) is 0 Å². The number of hydrogen-bond acceptors (Lipinski definition) is 3. The average Bonchev–Trinajstić information content (AvgIpc) is 2.98. The number of guanidine groups is 1. The topological polar surface area (TPSA) is 77.6 Å². The molecular formula is C18H27IN4O2S. The number of nitrogens with zero attached hydrogens (tertiary/aromatic N) is 2. The number of aliphatic imine (C=N–C) groups is 1. The standard InChI is InChI=1S/C18H26N4O2S.HI/c1-18(2)13-22(10-11-25(18,23)24)17(19-3)20-9-8-14-12-21-16-7-5-4-6-15(14)16;/h4-7,12,21H,8-11,13H2,1-3H3,(H,19,20);1H. The minimum absolute atomic E-state index is 0. The van der Waals surface area contributed by atoms with Gasteiger partial charge in [0.05, 0.1) is 10.5 Å². The summed E-state index contributed by atoms with van der Waals surface area (Å²) in [6.07, 6.45) is 2.92. The van der Waals surface area contributed by atoms with E-state index in [1.165, 1.54) is 10.9 Å². The molecule has 1 aromatic carbocycles. The van der Waals surface area contributed by atoms with Crippen molar-refractivity contribution in [2.24, 2.45) is 4.99 Å². The molecule has 0 aliphatic carbocycles. The van der Waals surface area contributed by atoms with Crippen LogP contribution in [0.1, 0.15) is 19.4 Å². The molecule has 0 radical (unpaired) electrons. The van der Waals surface area contributed by atoms with Gasteiger partial charge in [-0.15, -0.1) is 24.0 Å². The minimum Gasteiger partial charge on any atom is -0.361 e. The lowest BCUT2D eigenvalue weighted by atomic mass is 10.1. The van der Waals surface area contributed by atoms with Crippen molar-refractivity contribution in [3.05, 3.63) is 36.0 Å². The largest absolute Gasteiger partial charge is 0.361 e. The number of aromatic amines is 1. The van der Waals surface area contributed by atoms with Crippen LogP contribution >= 0.6 is 24.0 Å². The Bertz CT molecular complexity index is 889. The van der Waals surface area contributed by atoms with Gasteiger partial charge in [0.15, 0.2) is 15.8 Å². The van der Waals surface area contributed by atoms with Crippen LogP contribution in [0.15, 0.2) is 35.5 Å². The van der Waals surface area contributed by atoms with E-state index in [4.69, 9.17) is 0 Å². The Morgan fingerprint density at radius 2 is 2.08 bits per heavy atom. The molecule has 2 heterocycles. The van der Waals surface area contributed by atoms with Gasteiger partial charge >= 0.3 is 0 Å². The van der Waals surface area contributed by atoms with Crippen molar-refractivity contribution >= 4 is 50.7 Å². The molecule has 1 aromatic heterocycles. The predicted molar refractivity (Wildman–Crippen MR) is 118 cm³/mol. The Morgan fingerprint density at radius 3 is 2.77 bits per heavy atom. The maximum absolute atomic E-state index is 12.2. The number of aromatic nitrogens is 1. The summed E-state index contributed by atoms with van der Waals surface area (Å²) in [6.45, 7) is 5.26. The van der Waals surface area contributed by atoms with E-state index in [-0.39, 0.29) is 29.7 Å². The first-order valence-electron chi connectivity index (χ1n) is 8.57. The number of rotatable bonds is 3. The van der Waals surface area contributed by atoms with E-state index < -0.39 is 14.6 Å². The van der Waals surface area contributed by atoms with Crippen LogP contribution < -0.4 is 5.32 Å². The maximum atomic E-state index is 12.2. The van der Waals surface area contributed by atoms with Crippen molar-refractivity contribution < 1.29 is 8.42 Å². The number of benzene rings is 1. The Labute approximate surface area is 172 Å². The first kappa shape index (κ1) is 21.0. The zero-order chi connectivity index (χ0) is 18.1. The van der Waals surface area contributed by atoms with E-state index >= 15 is 0 Å². The molecule has 144 valence electrons. The monoisotopic (exact) mass is 490 g/mol. The first-order valence-corrected chi connectivity index (χ1v) is 10.2. The predicted octanol–water partition coefficient (Wildman–Crippen LogP) is 2.41. The van der Waals surface area contributed by atoms with Gasteiger partial charge in [0.25, 0.3) is 0 Å². The fourth-order valence-corrected chi connectivity index (χ4v) is 4.67. The summed E-state index contributed by atoms with van der Waals surface area (Å²) in [5.74, 6) is 0.936. The van der Waals surface area contributed by atoms with Crippen LogP contribution in [-0.4, -0.2) is 61.4 Å². The average molecular weight is 490 g/mol. The maximum Gasteiger partial charge on any atom is 0.193 e. The fraction of sp³-hybridized carbons (Fsp3) is 0.500. The van der Waals surface area contributed by atoms with Crippen LogP contribution in [0.3, 0.4) is 0 Å². The van der Waals surface area contributed by atoms with Crippen molar-refractivity contribution in [3.63, 3.8) is 0 Å². The van der Waals surface area contributed by atoms with E-state index in [9.17, 15) is 8.42 Å². The molecule has 1 aliphatic rings. The number of fused-ring (bicyclic) bond motifs is 1. The van der Waals surface area contributed by atoms with Crippen molar-refractivity contribution in [2.75, 3.05) is 32.4 Å². The molecule has 2 aromatic rings. The molecular weight excluding hydrogens is 463 g/mol. The van der Waals surface area contributed by atoms with Gasteiger partial charge in [-0.1, -0.05) is 18.2 Å². The first-order chi connectivity index (χ1) is 11.8. The van der Waals surface area contributed by atoms with Gasteiger partial charge in [0.2, 0.25) is 0 Å². The molecule has 0 atom stereocenters. The van der Waals surface area contributed by atoms with Crippen molar-refractivity contribution in [1.29, 1.82) is 0 Å². The minimum atomic E-state index is -3.04. The van der Waals surface area contributed by atoms with Gasteiger partial charge in [-0.25, -0.2) is 8.42 Å². The van der Waals surface area contributed by atoms with E-state index in [2.05, 4.69) is 27.4 Å². The van der Waals surface area contributed by atoms with Gasteiger partial charge in [0.1, 0.15) is 0 Å². The van der Waals surface area contributed by atoms with Gasteiger partial charge in [0, 0.05) is 43.8 Å². The summed E-state index contributed by atoms with van der Waals surface area (Å²) in [5, 5.41) is 4.61. The third kappa shape index (κ3) is 4.16. The van der Waals surface area contributed by atoms with Crippen LogP contribution in [0.4, 0.5) is 0 Å². The van der Waals surface area contributed by atoms with Gasteiger partial charge < -0.3 is 15.2 Å². The highest BCUT2D eigenvalue weighted by Gasteiger charge is 2.40. The number of hydrogen-bond donors (Lipinski definition) is 2. The number of halogens is 1. The molecule has 2 N–H and O–H groups in total. The third-order valence-corrected chi connectivity index (χ3v) is 7.44. The summed E-state index contributed by atoms with van der Waals surface area (Å²) >= 11 is 0. The van der Waals surface area contributed by atoms with Crippen LogP contribution in [-0.2, 0) is 16.3 Å². The van der Waals surface area contributed by atoms with E-state index in [0.29, 0.717) is 13.1 Å². The van der Waals surface area contributed by atoms with Crippen LogP contribution in [0, 0.1) is 0 Å². The molecule has 3 rings (SSSR count).